The van der Waals surface area contributed by atoms with Crippen LogP contribution in [-0.4, -0.2) is 12.4 Å². The Labute approximate surface area is 115 Å². The van der Waals surface area contributed by atoms with Gasteiger partial charge in [-0.25, -0.2) is 0 Å². The summed E-state index contributed by atoms with van der Waals surface area (Å²) in [6, 6.07) is 7.75. The van der Waals surface area contributed by atoms with Crippen molar-refractivity contribution in [3.05, 3.63) is 29.3 Å². The van der Waals surface area contributed by atoms with Crippen LogP contribution < -0.4 is 5.32 Å². The molecule has 1 aromatic carbocycles. The minimum absolute atomic E-state index is 0.749. The van der Waals surface area contributed by atoms with Gasteiger partial charge >= 0.3 is 0 Å². The van der Waals surface area contributed by atoms with Gasteiger partial charge in [-0.2, -0.15) is 0 Å². The van der Waals surface area contributed by atoms with Crippen LogP contribution in [0.2, 0.25) is 5.02 Å². The van der Waals surface area contributed by atoms with Crippen molar-refractivity contribution in [3.63, 3.8) is 0 Å². The van der Waals surface area contributed by atoms with E-state index in [9.17, 15) is 0 Å². The van der Waals surface area contributed by atoms with Crippen molar-refractivity contribution >= 4 is 23.1 Å². The number of amidine groups is 1. The maximum Gasteiger partial charge on any atom is 0.100 e. The fourth-order valence-electron chi connectivity index (χ4n) is 1.73. The maximum absolute atomic E-state index is 5.95. The Morgan fingerprint density at radius 2 is 2.06 bits per heavy atom. The van der Waals surface area contributed by atoms with E-state index in [0.717, 1.165) is 29.5 Å². The topological polar surface area (TPSA) is 24.4 Å². The molecule has 100 valence electrons. The van der Waals surface area contributed by atoms with Crippen LogP contribution in [0.3, 0.4) is 0 Å². The summed E-state index contributed by atoms with van der Waals surface area (Å²) in [5.74, 6) is 1.04. The number of anilines is 1. The molecule has 0 radical (unpaired) electrons. The van der Waals surface area contributed by atoms with Crippen LogP contribution in [0.15, 0.2) is 29.3 Å². The largest absolute Gasteiger partial charge is 0.344 e. The average Bonchev–Trinajstić information content (AvgIpc) is 2.37. The summed E-state index contributed by atoms with van der Waals surface area (Å²) in [4.78, 5) is 4.60. The molecule has 2 nitrogen and oxygen atoms in total. The Bertz CT molecular complexity index is 375. The number of benzene rings is 1. The van der Waals surface area contributed by atoms with Gasteiger partial charge in [-0.3, -0.25) is 4.99 Å². The molecule has 0 bridgehead atoms. The lowest BCUT2D eigenvalue weighted by Crippen LogP contribution is -2.11. The fourth-order valence-corrected chi connectivity index (χ4v) is 1.92. The molecule has 0 aliphatic carbocycles. The van der Waals surface area contributed by atoms with Gasteiger partial charge in [-0.05, 0) is 24.6 Å². The standard InChI is InChI=1S/C15H23ClN2/c1-3-5-6-7-11-17-15(4-2)18-14-10-8-9-13(16)12-14/h8-10,12H,3-7,11H2,1-2H3,(H,17,18). The van der Waals surface area contributed by atoms with E-state index in [4.69, 9.17) is 11.6 Å². The van der Waals surface area contributed by atoms with Crippen molar-refractivity contribution in [1.29, 1.82) is 0 Å². The first-order chi connectivity index (χ1) is 8.76. The summed E-state index contributed by atoms with van der Waals surface area (Å²) in [6.45, 7) is 5.25. The zero-order valence-corrected chi connectivity index (χ0v) is 12.1. The average molecular weight is 267 g/mol. The Kier molecular flexibility index (Phi) is 7.51. The highest BCUT2D eigenvalue weighted by atomic mass is 35.5. The molecule has 0 saturated heterocycles. The quantitative estimate of drug-likeness (QED) is 0.412. The second-order valence-electron chi connectivity index (χ2n) is 4.38. The van der Waals surface area contributed by atoms with Crippen LogP contribution in [-0.2, 0) is 0 Å². The van der Waals surface area contributed by atoms with Crippen LogP contribution in [0.4, 0.5) is 5.69 Å². The second-order valence-corrected chi connectivity index (χ2v) is 4.81. The molecule has 0 unspecified atom stereocenters. The zero-order valence-electron chi connectivity index (χ0n) is 11.4. The van der Waals surface area contributed by atoms with Crippen LogP contribution >= 0.6 is 11.6 Å². The van der Waals surface area contributed by atoms with Crippen LogP contribution in [0.1, 0.15) is 46.0 Å². The number of hydrogen-bond acceptors (Lipinski definition) is 1. The van der Waals surface area contributed by atoms with E-state index in [2.05, 4.69) is 24.2 Å². The fraction of sp³-hybridized carbons (Fsp3) is 0.533. The third kappa shape index (κ3) is 6.06. The van der Waals surface area contributed by atoms with Crippen molar-refractivity contribution < 1.29 is 0 Å². The minimum atomic E-state index is 0.749. The predicted octanol–water partition coefficient (Wildman–Crippen LogP) is 5.14. The molecule has 18 heavy (non-hydrogen) atoms. The normalized spacial score (nSPS) is 11.6. The molecule has 1 aromatic rings. The highest BCUT2D eigenvalue weighted by molar-refractivity contribution is 6.30. The van der Waals surface area contributed by atoms with Gasteiger partial charge in [-0.1, -0.05) is 50.8 Å². The third-order valence-electron chi connectivity index (χ3n) is 2.76. The van der Waals surface area contributed by atoms with Crippen molar-refractivity contribution in [1.82, 2.24) is 0 Å². The summed E-state index contributed by atoms with van der Waals surface area (Å²) in [5.41, 5.74) is 1.01. The Balaban J connectivity index is 2.43. The molecule has 1 rings (SSSR count). The van der Waals surface area contributed by atoms with Gasteiger partial charge in [0.1, 0.15) is 5.84 Å². The molecular weight excluding hydrogens is 244 g/mol. The minimum Gasteiger partial charge on any atom is -0.344 e. The molecule has 0 aliphatic heterocycles. The number of hydrogen-bond donors (Lipinski definition) is 1. The lowest BCUT2D eigenvalue weighted by Gasteiger charge is -2.08. The Hall–Kier alpha value is -1.02. The lowest BCUT2D eigenvalue weighted by atomic mass is 10.2. The number of nitrogens with one attached hydrogen (secondary N) is 1. The van der Waals surface area contributed by atoms with E-state index in [1.807, 2.05) is 24.3 Å². The molecule has 0 aromatic heterocycles. The monoisotopic (exact) mass is 266 g/mol. The number of halogens is 1. The van der Waals surface area contributed by atoms with E-state index in [1.54, 1.807) is 0 Å². The summed E-state index contributed by atoms with van der Waals surface area (Å²) < 4.78 is 0. The SMILES string of the molecule is CCCCCCN=C(CC)Nc1cccc(Cl)c1. The predicted molar refractivity (Wildman–Crippen MR) is 81.8 cm³/mol. The highest BCUT2D eigenvalue weighted by Gasteiger charge is 1.98. The van der Waals surface area contributed by atoms with E-state index in [1.165, 1.54) is 25.7 Å². The van der Waals surface area contributed by atoms with Crippen molar-refractivity contribution in [3.8, 4) is 0 Å². The summed E-state index contributed by atoms with van der Waals surface area (Å²) in [6.07, 6.45) is 5.94. The molecule has 0 saturated carbocycles. The first-order valence-electron chi connectivity index (χ1n) is 6.82. The molecular formula is C15H23ClN2. The van der Waals surface area contributed by atoms with Crippen molar-refractivity contribution in [2.75, 3.05) is 11.9 Å². The molecule has 0 fully saturated rings. The number of aliphatic imine (C=N–C) groups is 1. The summed E-state index contributed by atoms with van der Waals surface area (Å²) >= 11 is 5.95. The van der Waals surface area contributed by atoms with Crippen LogP contribution in [0.5, 0.6) is 0 Å². The van der Waals surface area contributed by atoms with Gasteiger partial charge < -0.3 is 5.32 Å². The van der Waals surface area contributed by atoms with E-state index < -0.39 is 0 Å². The molecule has 0 heterocycles. The van der Waals surface area contributed by atoms with Gasteiger partial charge in [-0.15, -0.1) is 0 Å². The third-order valence-corrected chi connectivity index (χ3v) is 3.00. The van der Waals surface area contributed by atoms with Gasteiger partial charge in [0.25, 0.3) is 0 Å². The molecule has 1 N–H and O–H groups in total. The van der Waals surface area contributed by atoms with E-state index >= 15 is 0 Å². The lowest BCUT2D eigenvalue weighted by molar-refractivity contribution is 0.674. The number of unbranched alkanes of at least 4 members (excludes halogenated alkanes) is 3. The summed E-state index contributed by atoms with van der Waals surface area (Å²) in [5, 5.41) is 4.07. The number of nitrogens with zero attached hydrogens (tertiary/aromatic N) is 1. The highest BCUT2D eigenvalue weighted by Crippen LogP contribution is 2.15. The van der Waals surface area contributed by atoms with Crippen LogP contribution in [0.25, 0.3) is 0 Å². The smallest absolute Gasteiger partial charge is 0.100 e. The Morgan fingerprint density at radius 3 is 2.72 bits per heavy atom. The van der Waals surface area contributed by atoms with Gasteiger partial charge in [0.05, 0.1) is 0 Å². The van der Waals surface area contributed by atoms with Crippen molar-refractivity contribution in [2.45, 2.75) is 46.0 Å². The molecule has 0 amide bonds. The molecule has 0 spiro atoms. The van der Waals surface area contributed by atoms with Crippen LogP contribution in [0, 0.1) is 0 Å². The zero-order chi connectivity index (χ0) is 13.2. The Morgan fingerprint density at radius 1 is 1.22 bits per heavy atom. The first-order valence-corrected chi connectivity index (χ1v) is 7.20. The van der Waals surface area contributed by atoms with E-state index in [0.29, 0.717) is 0 Å². The first kappa shape index (κ1) is 15.0. The molecule has 0 atom stereocenters. The molecule has 0 aliphatic rings. The van der Waals surface area contributed by atoms with Gasteiger partial charge in [0, 0.05) is 23.7 Å². The summed E-state index contributed by atoms with van der Waals surface area (Å²) in [7, 11) is 0. The van der Waals surface area contributed by atoms with Gasteiger partial charge in [0.2, 0.25) is 0 Å². The molecule has 3 heteroatoms. The van der Waals surface area contributed by atoms with Crippen molar-refractivity contribution in [2.24, 2.45) is 4.99 Å². The number of rotatable bonds is 7. The second kappa shape index (κ2) is 8.98. The van der Waals surface area contributed by atoms with Gasteiger partial charge in [0.15, 0.2) is 0 Å². The van der Waals surface area contributed by atoms with E-state index in [-0.39, 0.29) is 0 Å². The maximum atomic E-state index is 5.95.